The smallest absolute Gasteiger partial charge is 0.243 e. The Morgan fingerprint density at radius 1 is 1.33 bits per heavy atom. The molecular weight excluding hydrogens is 463 g/mol. The molecule has 1 amide bonds. The van der Waals surface area contributed by atoms with Gasteiger partial charge in [-0.1, -0.05) is 0 Å². The zero-order valence-corrected chi connectivity index (χ0v) is 18.7. The maximum atomic E-state index is 11.8. The highest BCUT2D eigenvalue weighted by molar-refractivity contribution is 14.0. The van der Waals surface area contributed by atoms with Gasteiger partial charge in [0, 0.05) is 66.8 Å². The van der Waals surface area contributed by atoms with Crippen LogP contribution in [0.1, 0.15) is 18.6 Å². The second-order valence-corrected chi connectivity index (χ2v) is 6.56. The Bertz CT molecular complexity index is 572. The number of hydrogen-bond acceptors (Lipinski definition) is 5. The lowest BCUT2D eigenvalue weighted by atomic mass is 9.94. The minimum absolute atomic E-state index is 0. The molecule has 2 N–H and O–H groups in total. The van der Waals surface area contributed by atoms with Gasteiger partial charge in [0.1, 0.15) is 12.3 Å². The van der Waals surface area contributed by atoms with Crippen molar-refractivity contribution in [3.8, 4) is 0 Å². The van der Waals surface area contributed by atoms with E-state index in [1.54, 1.807) is 27.5 Å². The number of carbonyl (C=O) groups is 1. The third-order valence-electron chi connectivity index (χ3n) is 4.53. The Hall–Kier alpha value is -1.33. The molecule has 1 fully saturated rings. The lowest BCUT2D eigenvalue weighted by Crippen LogP contribution is -2.51. The number of hydrogen-bond donors (Lipinski definition) is 2. The average molecular weight is 494 g/mol. The summed E-state index contributed by atoms with van der Waals surface area (Å²) in [6.07, 6.45) is 4.05. The van der Waals surface area contributed by atoms with Gasteiger partial charge in [-0.25, -0.2) is 4.99 Å². The largest absolute Gasteiger partial charge is 0.469 e. The van der Waals surface area contributed by atoms with Crippen LogP contribution in [0.3, 0.4) is 0 Å². The molecule has 0 bridgehead atoms. The highest BCUT2D eigenvalue weighted by Gasteiger charge is 2.32. The molecule has 0 atom stereocenters. The standard InChI is InChI=1S/C18H30N4O4.HI/c1-22(2)16(23)13-20-17(19-9-6-15-5-4-10-26-15)21-14-18(24-3)7-11-25-12-8-18;/h4-5,10H,6-9,11-14H2,1-3H3,(H2,19,20,21);1H. The fourth-order valence-electron chi connectivity index (χ4n) is 2.66. The van der Waals surface area contributed by atoms with Gasteiger partial charge in [-0.05, 0) is 12.1 Å². The number of halogens is 1. The summed E-state index contributed by atoms with van der Waals surface area (Å²) >= 11 is 0. The fraction of sp³-hybridized carbons (Fsp3) is 0.667. The number of methoxy groups -OCH3 is 1. The average Bonchev–Trinajstić information content (AvgIpc) is 3.17. The van der Waals surface area contributed by atoms with Crippen LogP contribution < -0.4 is 10.6 Å². The molecule has 0 spiro atoms. The molecule has 1 aromatic heterocycles. The van der Waals surface area contributed by atoms with E-state index in [0.29, 0.717) is 32.3 Å². The molecule has 27 heavy (non-hydrogen) atoms. The molecular formula is C18H31IN4O4. The molecule has 1 aliphatic heterocycles. The number of nitrogens with one attached hydrogen (secondary N) is 2. The van der Waals surface area contributed by atoms with Gasteiger partial charge in [-0.2, -0.15) is 0 Å². The van der Waals surface area contributed by atoms with E-state index < -0.39 is 0 Å². The summed E-state index contributed by atoms with van der Waals surface area (Å²) in [6, 6.07) is 3.80. The molecule has 1 saturated heterocycles. The van der Waals surface area contributed by atoms with Crippen molar-refractivity contribution in [2.75, 3.05) is 54.1 Å². The van der Waals surface area contributed by atoms with E-state index in [0.717, 1.165) is 25.0 Å². The van der Waals surface area contributed by atoms with Gasteiger partial charge in [0.25, 0.3) is 0 Å². The molecule has 0 saturated carbocycles. The Morgan fingerprint density at radius 2 is 2.07 bits per heavy atom. The molecule has 1 aromatic rings. The molecule has 0 radical (unpaired) electrons. The number of likely N-dealkylation sites (N-methyl/N-ethyl adjacent to an activating group) is 1. The highest BCUT2D eigenvalue weighted by Crippen LogP contribution is 2.23. The molecule has 1 aliphatic rings. The van der Waals surface area contributed by atoms with Crippen LogP contribution in [0.5, 0.6) is 0 Å². The van der Waals surface area contributed by atoms with Crippen LogP contribution in [0.2, 0.25) is 0 Å². The van der Waals surface area contributed by atoms with E-state index in [2.05, 4.69) is 15.6 Å². The third-order valence-corrected chi connectivity index (χ3v) is 4.53. The minimum atomic E-state index is -0.271. The van der Waals surface area contributed by atoms with Crippen LogP contribution in [0, 0.1) is 0 Å². The molecule has 2 rings (SSSR count). The number of rotatable bonds is 8. The normalized spacial score (nSPS) is 16.3. The van der Waals surface area contributed by atoms with Crippen LogP contribution >= 0.6 is 24.0 Å². The van der Waals surface area contributed by atoms with Gasteiger partial charge in [0.05, 0.1) is 11.9 Å². The van der Waals surface area contributed by atoms with Crippen LogP contribution in [-0.4, -0.2) is 76.4 Å². The van der Waals surface area contributed by atoms with E-state index in [9.17, 15) is 4.79 Å². The van der Waals surface area contributed by atoms with Crippen molar-refractivity contribution in [1.82, 2.24) is 15.5 Å². The molecule has 8 nitrogen and oxygen atoms in total. The number of aliphatic imine (C=N–C) groups is 1. The second kappa shape index (κ2) is 12.2. The fourth-order valence-corrected chi connectivity index (χ4v) is 2.66. The van der Waals surface area contributed by atoms with Crippen molar-refractivity contribution in [3.63, 3.8) is 0 Å². The quantitative estimate of drug-likeness (QED) is 0.322. The maximum absolute atomic E-state index is 11.8. The number of nitrogens with zero attached hydrogens (tertiary/aromatic N) is 2. The predicted molar refractivity (Wildman–Crippen MR) is 115 cm³/mol. The maximum Gasteiger partial charge on any atom is 0.243 e. The zero-order valence-electron chi connectivity index (χ0n) is 16.3. The van der Waals surface area contributed by atoms with Gasteiger partial charge < -0.3 is 29.4 Å². The van der Waals surface area contributed by atoms with Crippen LogP contribution in [0.4, 0.5) is 0 Å². The first-order chi connectivity index (χ1) is 12.5. The molecule has 0 unspecified atom stereocenters. The zero-order chi connectivity index (χ0) is 18.8. The predicted octanol–water partition coefficient (Wildman–Crippen LogP) is 1.26. The first-order valence-corrected chi connectivity index (χ1v) is 8.92. The van der Waals surface area contributed by atoms with E-state index in [1.165, 1.54) is 4.90 Å². The van der Waals surface area contributed by atoms with E-state index in [1.807, 2.05) is 12.1 Å². The lowest BCUT2D eigenvalue weighted by Gasteiger charge is -2.36. The van der Waals surface area contributed by atoms with Crippen molar-refractivity contribution in [2.45, 2.75) is 24.9 Å². The Labute approximate surface area is 178 Å². The molecule has 0 aromatic carbocycles. The lowest BCUT2D eigenvalue weighted by molar-refractivity contribution is -0.127. The summed E-state index contributed by atoms with van der Waals surface area (Å²) in [6.45, 7) is 2.72. The SMILES string of the molecule is COC1(CNC(=NCC(=O)N(C)C)NCCc2ccco2)CCOCC1.I. The van der Waals surface area contributed by atoms with Crippen LogP contribution in [-0.2, 0) is 20.7 Å². The van der Waals surface area contributed by atoms with Gasteiger partial charge >= 0.3 is 0 Å². The van der Waals surface area contributed by atoms with Gasteiger partial charge in [-0.3, -0.25) is 4.79 Å². The third kappa shape index (κ3) is 8.06. The number of amides is 1. The van der Waals surface area contributed by atoms with E-state index in [4.69, 9.17) is 13.9 Å². The topological polar surface area (TPSA) is 88.3 Å². The number of ether oxygens (including phenoxy) is 2. The number of carbonyl (C=O) groups excluding carboxylic acids is 1. The van der Waals surface area contributed by atoms with Gasteiger partial charge in [0.15, 0.2) is 5.96 Å². The summed E-state index contributed by atoms with van der Waals surface area (Å²) in [5.41, 5.74) is -0.271. The van der Waals surface area contributed by atoms with Crippen molar-refractivity contribution in [1.29, 1.82) is 0 Å². The molecule has 154 valence electrons. The van der Waals surface area contributed by atoms with Crippen molar-refractivity contribution >= 4 is 35.8 Å². The number of furan rings is 1. The molecule has 0 aliphatic carbocycles. The Balaban J connectivity index is 0.00000364. The van der Waals surface area contributed by atoms with Crippen LogP contribution in [0.25, 0.3) is 0 Å². The van der Waals surface area contributed by atoms with Crippen molar-refractivity contribution in [3.05, 3.63) is 24.2 Å². The summed E-state index contributed by atoms with van der Waals surface area (Å²) in [7, 11) is 5.16. The highest BCUT2D eigenvalue weighted by atomic mass is 127. The first kappa shape index (κ1) is 23.7. The summed E-state index contributed by atoms with van der Waals surface area (Å²) in [5, 5.41) is 6.57. The van der Waals surface area contributed by atoms with E-state index in [-0.39, 0.29) is 42.0 Å². The number of guanidine groups is 1. The summed E-state index contributed by atoms with van der Waals surface area (Å²) in [5.74, 6) is 1.44. The van der Waals surface area contributed by atoms with Crippen molar-refractivity contribution < 1.29 is 18.7 Å². The second-order valence-electron chi connectivity index (χ2n) is 6.56. The summed E-state index contributed by atoms with van der Waals surface area (Å²) in [4.78, 5) is 17.8. The van der Waals surface area contributed by atoms with Crippen LogP contribution in [0.15, 0.2) is 27.8 Å². The summed E-state index contributed by atoms with van der Waals surface area (Å²) < 4.78 is 16.5. The molecule has 2 heterocycles. The molecule has 9 heteroatoms. The van der Waals surface area contributed by atoms with E-state index >= 15 is 0 Å². The van der Waals surface area contributed by atoms with Gasteiger partial charge in [-0.15, -0.1) is 24.0 Å². The monoisotopic (exact) mass is 494 g/mol. The van der Waals surface area contributed by atoms with Crippen molar-refractivity contribution in [2.24, 2.45) is 4.99 Å². The minimum Gasteiger partial charge on any atom is -0.469 e. The first-order valence-electron chi connectivity index (χ1n) is 8.92. The van der Waals surface area contributed by atoms with Gasteiger partial charge in [0.2, 0.25) is 5.91 Å². The Morgan fingerprint density at radius 3 is 2.67 bits per heavy atom. The Kier molecular flexibility index (Phi) is 10.7.